The van der Waals surface area contributed by atoms with Crippen molar-refractivity contribution in [2.24, 2.45) is 0 Å². The highest BCUT2D eigenvalue weighted by Gasteiger charge is 2.31. The maximum Gasteiger partial charge on any atom is 0.255 e. The highest BCUT2D eigenvalue weighted by Crippen LogP contribution is 2.33. The van der Waals surface area contributed by atoms with Crippen molar-refractivity contribution in [3.05, 3.63) is 63.7 Å². The highest BCUT2D eigenvalue weighted by molar-refractivity contribution is 7.99. The van der Waals surface area contributed by atoms with E-state index in [1.807, 2.05) is 37.3 Å². The molecule has 2 heterocycles. The van der Waals surface area contributed by atoms with Gasteiger partial charge >= 0.3 is 0 Å². The first kappa shape index (κ1) is 24.0. The molecular weight excluding hydrogens is 451 g/mol. The molecule has 1 fully saturated rings. The maximum atomic E-state index is 12.7. The minimum Gasteiger partial charge on any atom is -1.00 e. The fraction of sp³-hybridized carbons (Fsp3) is 0.375. The van der Waals surface area contributed by atoms with Crippen LogP contribution in [0.5, 0.6) is 5.75 Å². The zero-order valence-electron chi connectivity index (χ0n) is 18.1. The van der Waals surface area contributed by atoms with Gasteiger partial charge in [0.2, 0.25) is 0 Å². The fourth-order valence-electron chi connectivity index (χ4n) is 4.15. The summed E-state index contributed by atoms with van der Waals surface area (Å²) in [5.74, 6) is 3.16. The van der Waals surface area contributed by atoms with Crippen molar-refractivity contribution in [3.8, 4) is 5.75 Å². The Bertz CT molecular complexity index is 984. The van der Waals surface area contributed by atoms with Crippen LogP contribution in [0.15, 0.2) is 42.0 Å². The van der Waals surface area contributed by atoms with Gasteiger partial charge < -0.3 is 26.9 Å². The summed E-state index contributed by atoms with van der Waals surface area (Å²) in [5, 5.41) is 3.63. The van der Waals surface area contributed by atoms with Crippen LogP contribution in [0.3, 0.4) is 0 Å². The molecule has 0 aromatic heterocycles. The van der Waals surface area contributed by atoms with Gasteiger partial charge in [-0.2, -0.15) is 11.8 Å². The van der Waals surface area contributed by atoms with Crippen LogP contribution in [0.4, 0.5) is 5.69 Å². The number of carbonyl (C=O) groups is 1. The van der Waals surface area contributed by atoms with Crippen LogP contribution in [-0.2, 0) is 11.3 Å². The van der Waals surface area contributed by atoms with Gasteiger partial charge in [-0.1, -0.05) is 23.7 Å². The lowest BCUT2D eigenvalue weighted by molar-refractivity contribution is -0.924. The summed E-state index contributed by atoms with van der Waals surface area (Å²) in [4.78, 5) is 12.7. The Labute approximate surface area is 200 Å². The van der Waals surface area contributed by atoms with Crippen molar-refractivity contribution in [1.82, 2.24) is 0 Å². The number of nitrogens with zero attached hydrogens (tertiary/aromatic N) is 1. The molecule has 2 aromatic rings. The van der Waals surface area contributed by atoms with Gasteiger partial charge in [0.05, 0.1) is 25.7 Å². The lowest BCUT2D eigenvalue weighted by Crippen LogP contribution is -3.00. The zero-order chi connectivity index (χ0) is 21.3. The third kappa shape index (κ3) is 5.58. The van der Waals surface area contributed by atoms with E-state index in [4.69, 9.17) is 16.3 Å². The van der Waals surface area contributed by atoms with Gasteiger partial charge in [-0.25, -0.2) is 0 Å². The molecule has 0 saturated carbocycles. The van der Waals surface area contributed by atoms with Crippen molar-refractivity contribution in [1.29, 1.82) is 0 Å². The number of thioether (sulfide) groups is 1. The molecule has 0 spiro atoms. The zero-order valence-corrected chi connectivity index (χ0v) is 20.4. The molecule has 1 amide bonds. The molecule has 0 aliphatic carbocycles. The number of amides is 1. The van der Waals surface area contributed by atoms with Crippen molar-refractivity contribution < 1.29 is 26.4 Å². The van der Waals surface area contributed by atoms with E-state index in [1.165, 1.54) is 23.5 Å². The van der Waals surface area contributed by atoms with Crippen LogP contribution >= 0.6 is 23.4 Å². The quantitative estimate of drug-likeness (QED) is 0.669. The number of ether oxygens (including phenoxy) is 1. The van der Waals surface area contributed by atoms with Gasteiger partial charge in [-0.3, -0.25) is 4.79 Å². The largest absolute Gasteiger partial charge is 1.00 e. The lowest BCUT2D eigenvalue weighted by atomic mass is 10.0. The normalized spacial score (nSPS) is 17.8. The second kappa shape index (κ2) is 9.86. The first-order chi connectivity index (χ1) is 14.3. The number of benzene rings is 2. The van der Waals surface area contributed by atoms with Crippen molar-refractivity contribution in [2.45, 2.75) is 25.9 Å². The Kier molecular flexibility index (Phi) is 7.63. The van der Waals surface area contributed by atoms with Crippen LogP contribution < -0.4 is 22.5 Å². The smallest absolute Gasteiger partial charge is 0.255 e. The Morgan fingerprint density at radius 3 is 2.68 bits per heavy atom. The predicted octanol–water partition coefficient (Wildman–Crippen LogP) is 2.15. The summed E-state index contributed by atoms with van der Waals surface area (Å²) in [7, 11) is 4.63. The average Bonchev–Trinajstić information content (AvgIpc) is 3.24. The summed E-state index contributed by atoms with van der Waals surface area (Å²) in [6.45, 7) is 3.20. The molecule has 2 aromatic carbocycles. The van der Waals surface area contributed by atoms with E-state index >= 15 is 0 Å². The molecule has 2 aliphatic heterocycles. The Balaban J connectivity index is 0.00000272. The summed E-state index contributed by atoms with van der Waals surface area (Å²) in [6.07, 6.45) is 3.15. The van der Waals surface area contributed by atoms with E-state index in [-0.39, 0.29) is 24.9 Å². The fourth-order valence-corrected chi connectivity index (χ4v) is 5.88. The number of halogens is 2. The number of quaternary nitrogens is 1. The van der Waals surface area contributed by atoms with E-state index < -0.39 is 0 Å². The number of nitrogens with one attached hydrogen (secondary N) is 1. The van der Waals surface area contributed by atoms with E-state index in [0.717, 1.165) is 33.6 Å². The van der Waals surface area contributed by atoms with Gasteiger partial charge in [0.1, 0.15) is 18.9 Å². The molecule has 4 rings (SSSR count). The minimum absolute atomic E-state index is 0. The van der Waals surface area contributed by atoms with Gasteiger partial charge in [-0.15, -0.1) is 0 Å². The van der Waals surface area contributed by atoms with Gasteiger partial charge in [0.25, 0.3) is 5.91 Å². The number of hydrogen-bond donors (Lipinski definition) is 1. The van der Waals surface area contributed by atoms with E-state index in [9.17, 15) is 4.79 Å². The van der Waals surface area contributed by atoms with Gasteiger partial charge in [0, 0.05) is 34.0 Å². The number of rotatable bonds is 5. The van der Waals surface area contributed by atoms with Crippen molar-refractivity contribution in [3.63, 3.8) is 0 Å². The third-order valence-electron chi connectivity index (χ3n) is 5.96. The highest BCUT2D eigenvalue weighted by atomic mass is 35.5. The molecule has 4 nitrogen and oxygen atoms in total. The summed E-state index contributed by atoms with van der Waals surface area (Å²) in [5.41, 5.74) is 4.48. The Morgan fingerprint density at radius 2 is 2.00 bits per heavy atom. The Hall–Kier alpha value is -1.66. The first-order valence-electron chi connectivity index (χ1n) is 10.3. The molecule has 0 bridgehead atoms. The second-order valence-electron chi connectivity index (χ2n) is 8.70. The summed E-state index contributed by atoms with van der Waals surface area (Å²) >= 11 is 8.21. The first-order valence-corrected chi connectivity index (χ1v) is 11.8. The van der Waals surface area contributed by atoms with E-state index in [0.29, 0.717) is 16.6 Å². The SMILES string of the molecule is Cc1cc(Cl)cc2c1OCC(C(=O)Nc1ccc(C[N+](C)(C)C3CCSC3)cc1)=C2.[Cl-]. The molecule has 1 N–H and O–H groups in total. The summed E-state index contributed by atoms with van der Waals surface area (Å²) in [6, 6.07) is 12.6. The topological polar surface area (TPSA) is 38.3 Å². The van der Waals surface area contributed by atoms with E-state index in [2.05, 4.69) is 43.3 Å². The van der Waals surface area contributed by atoms with Crippen LogP contribution in [0.1, 0.15) is 23.1 Å². The Morgan fingerprint density at radius 1 is 1.26 bits per heavy atom. The van der Waals surface area contributed by atoms with Crippen molar-refractivity contribution >= 4 is 41.0 Å². The molecule has 0 radical (unpaired) electrons. The van der Waals surface area contributed by atoms with Gasteiger partial charge in [0.15, 0.2) is 0 Å². The number of carbonyl (C=O) groups excluding carboxylic acids is 1. The van der Waals surface area contributed by atoms with Gasteiger partial charge in [-0.05, 0) is 48.6 Å². The molecule has 2 aliphatic rings. The summed E-state index contributed by atoms with van der Waals surface area (Å²) < 4.78 is 6.82. The van der Waals surface area contributed by atoms with Crippen LogP contribution in [0.25, 0.3) is 6.08 Å². The lowest BCUT2D eigenvalue weighted by Gasteiger charge is -2.35. The van der Waals surface area contributed by atoms with E-state index in [1.54, 1.807) is 0 Å². The maximum absolute atomic E-state index is 12.7. The molecule has 1 unspecified atom stereocenters. The predicted molar refractivity (Wildman–Crippen MR) is 126 cm³/mol. The standard InChI is InChI=1S/C24H27ClN2O2S.ClH/c1-16-10-20(25)12-18-11-19(14-29-23(16)18)24(28)26-21-6-4-17(5-7-21)13-27(2,3)22-8-9-30-15-22;/h4-7,10-12,22H,8-9,13-15H2,1-3H3;1H. The number of aryl methyl sites for hydroxylation is 1. The monoisotopic (exact) mass is 478 g/mol. The molecule has 1 atom stereocenters. The van der Waals surface area contributed by atoms with Crippen LogP contribution in [0.2, 0.25) is 5.02 Å². The van der Waals surface area contributed by atoms with Crippen LogP contribution in [-0.4, -0.2) is 48.6 Å². The average molecular weight is 479 g/mol. The number of hydrogen-bond acceptors (Lipinski definition) is 3. The molecular formula is C24H28Cl2N2O2S. The third-order valence-corrected chi connectivity index (χ3v) is 7.32. The minimum atomic E-state index is -0.148. The number of anilines is 1. The molecule has 1 saturated heterocycles. The second-order valence-corrected chi connectivity index (χ2v) is 10.3. The molecule has 166 valence electrons. The van der Waals surface area contributed by atoms with Crippen LogP contribution in [0, 0.1) is 6.92 Å². The molecule has 31 heavy (non-hydrogen) atoms. The van der Waals surface area contributed by atoms with Crippen molar-refractivity contribution in [2.75, 3.05) is 37.5 Å². The number of fused-ring (bicyclic) bond motifs is 1. The molecule has 7 heteroatoms.